The first kappa shape index (κ1) is 25.7. The molecule has 1 amide bonds. The molecule has 0 aliphatic carbocycles. The number of hydrogen-bond acceptors (Lipinski definition) is 3. The van der Waals surface area contributed by atoms with Crippen molar-refractivity contribution in [3.05, 3.63) is 88.7 Å². The topological polar surface area (TPSA) is 83.3 Å². The number of halogens is 2. The molecule has 32 heavy (non-hydrogen) atoms. The smallest absolute Gasteiger partial charge is 0.251 e. The number of aliphatic imine (C=N–C) groups is 1. The lowest BCUT2D eigenvalue weighted by molar-refractivity contribution is 0.0954. The maximum absolute atomic E-state index is 12.2. The maximum atomic E-state index is 12.2. The summed E-state index contributed by atoms with van der Waals surface area (Å²) in [7, 11) is 0. The minimum atomic E-state index is -0.132. The van der Waals surface area contributed by atoms with Gasteiger partial charge in [-0.25, -0.2) is 4.99 Å². The Balaban J connectivity index is 0.00000363. The van der Waals surface area contributed by atoms with Gasteiger partial charge in [-0.3, -0.25) is 9.48 Å². The second-order valence-corrected chi connectivity index (χ2v) is 7.29. The van der Waals surface area contributed by atoms with E-state index >= 15 is 0 Å². The summed E-state index contributed by atoms with van der Waals surface area (Å²) in [6, 6.07) is 17.0. The number of carbonyl (C=O) groups is 1. The average Bonchev–Trinajstić information content (AvgIpc) is 3.29. The van der Waals surface area contributed by atoms with Gasteiger partial charge in [0.15, 0.2) is 5.96 Å². The number of nitrogens with one attached hydrogen (secondary N) is 3. The first-order chi connectivity index (χ1) is 15.2. The molecule has 1 heterocycles. The molecule has 9 heteroatoms. The monoisotopic (exact) mass is 566 g/mol. The fourth-order valence-corrected chi connectivity index (χ4v) is 3.13. The van der Waals surface area contributed by atoms with Crippen molar-refractivity contribution in [3.63, 3.8) is 0 Å². The van der Waals surface area contributed by atoms with Crippen LogP contribution in [0.5, 0.6) is 0 Å². The number of rotatable bonds is 9. The van der Waals surface area contributed by atoms with Crippen molar-refractivity contribution in [2.75, 3.05) is 19.6 Å². The van der Waals surface area contributed by atoms with Crippen molar-refractivity contribution < 1.29 is 4.79 Å². The number of amides is 1. The lowest BCUT2D eigenvalue weighted by atomic mass is 10.1. The Labute approximate surface area is 210 Å². The largest absolute Gasteiger partial charge is 0.357 e. The molecule has 0 unspecified atom stereocenters. The van der Waals surface area contributed by atoms with Gasteiger partial charge in [0.2, 0.25) is 0 Å². The van der Waals surface area contributed by atoms with Gasteiger partial charge in [0, 0.05) is 42.6 Å². The molecule has 0 aliphatic heterocycles. The molecule has 0 fully saturated rings. The van der Waals surface area contributed by atoms with Gasteiger partial charge in [-0.1, -0.05) is 35.9 Å². The van der Waals surface area contributed by atoms with Crippen LogP contribution in [0.4, 0.5) is 0 Å². The molecule has 170 valence electrons. The van der Waals surface area contributed by atoms with E-state index in [1.165, 1.54) is 5.56 Å². The predicted octanol–water partition coefficient (Wildman–Crippen LogP) is 3.69. The minimum Gasteiger partial charge on any atom is -0.357 e. The zero-order valence-electron chi connectivity index (χ0n) is 17.9. The number of nitrogens with zero attached hydrogens (tertiary/aromatic N) is 3. The van der Waals surface area contributed by atoms with Gasteiger partial charge in [0.05, 0.1) is 13.1 Å². The summed E-state index contributed by atoms with van der Waals surface area (Å²) in [5, 5.41) is 14.3. The molecule has 0 radical (unpaired) electrons. The summed E-state index contributed by atoms with van der Waals surface area (Å²) in [4.78, 5) is 16.9. The zero-order chi connectivity index (χ0) is 21.9. The first-order valence-electron chi connectivity index (χ1n) is 10.3. The number of guanidine groups is 1. The highest BCUT2D eigenvalue weighted by Gasteiger charge is 2.06. The van der Waals surface area contributed by atoms with E-state index in [4.69, 9.17) is 16.6 Å². The number of hydrogen-bond donors (Lipinski definition) is 3. The van der Waals surface area contributed by atoms with E-state index in [0.717, 1.165) is 12.1 Å². The average molecular weight is 567 g/mol. The SMILES string of the molecule is CCNC(=NCc1ccccc1Cn1cccn1)NCCNC(=O)c1ccc(Cl)cc1.I. The van der Waals surface area contributed by atoms with E-state index in [1.54, 1.807) is 30.5 Å². The van der Waals surface area contributed by atoms with Gasteiger partial charge in [-0.2, -0.15) is 5.10 Å². The van der Waals surface area contributed by atoms with Crippen LogP contribution in [0.25, 0.3) is 0 Å². The van der Waals surface area contributed by atoms with Gasteiger partial charge in [0.1, 0.15) is 0 Å². The van der Waals surface area contributed by atoms with Gasteiger partial charge in [0.25, 0.3) is 5.91 Å². The normalized spacial score (nSPS) is 10.9. The van der Waals surface area contributed by atoms with Crippen LogP contribution in [0.3, 0.4) is 0 Å². The quantitative estimate of drug-likeness (QED) is 0.160. The van der Waals surface area contributed by atoms with Crippen molar-refractivity contribution >= 4 is 47.4 Å². The van der Waals surface area contributed by atoms with E-state index in [1.807, 2.05) is 36.0 Å². The summed E-state index contributed by atoms with van der Waals surface area (Å²) < 4.78 is 1.90. The standard InChI is InChI=1S/C23H27ClN6O.HI/c1-2-25-23(27-14-13-26-22(31)18-8-10-21(24)11-9-18)28-16-19-6-3-4-7-20(19)17-30-15-5-12-29-30;/h3-12,15H,2,13-14,16-17H2,1H3,(H,26,31)(H2,25,27,28);1H. The molecular formula is C23H28ClIN6O. The predicted molar refractivity (Wildman–Crippen MR) is 140 cm³/mol. The Bertz CT molecular complexity index is 992. The zero-order valence-corrected chi connectivity index (χ0v) is 21.0. The second-order valence-electron chi connectivity index (χ2n) is 6.86. The molecule has 0 spiro atoms. The van der Waals surface area contributed by atoms with Crippen LogP contribution >= 0.6 is 35.6 Å². The summed E-state index contributed by atoms with van der Waals surface area (Å²) in [5.74, 6) is 0.574. The molecule has 0 aliphatic rings. The molecule has 0 saturated heterocycles. The van der Waals surface area contributed by atoms with Crippen LogP contribution in [0.1, 0.15) is 28.4 Å². The van der Waals surface area contributed by atoms with Crippen LogP contribution in [-0.2, 0) is 13.1 Å². The molecule has 1 aromatic heterocycles. The highest BCUT2D eigenvalue weighted by molar-refractivity contribution is 14.0. The van der Waals surface area contributed by atoms with E-state index in [9.17, 15) is 4.79 Å². The molecule has 2 aromatic carbocycles. The molecule has 3 aromatic rings. The van der Waals surface area contributed by atoms with E-state index in [0.29, 0.717) is 42.7 Å². The fraction of sp³-hybridized carbons (Fsp3) is 0.261. The summed E-state index contributed by atoms with van der Waals surface area (Å²) >= 11 is 5.86. The van der Waals surface area contributed by atoms with E-state index < -0.39 is 0 Å². The summed E-state index contributed by atoms with van der Waals surface area (Å²) in [6.07, 6.45) is 3.73. The van der Waals surface area contributed by atoms with E-state index in [-0.39, 0.29) is 29.9 Å². The van der Waals surface area contributed by atoms with Gasteiger partial charge in [-0.15, -0.1) is 24.0 Å². The molecule has 3 N–H and O–H groups in total. The Kier molecular flexibility index (Phi) is 11.0. The van der Waals surface area contributed by atoms with Gasteiger partial charge >= 0.3 is 0 Å². The minimum absolute atomic E-state index is 0. The number of benzene rings is 2. The Hall–Kier alpha value is -2.59. The van der Waals surface area contributed by atoms with Gasteiger partial charge < -0.3 is 16.0 Å². The Morgan fingerprint density at radius 3 is 2.41 bits per heavy atom. The molecule has 0 atom stereocenters. The van der Waals surface area contributed by atoms with Crippen molar-refractivity contribution in [1.29, 1.82) is 0 Å². The fourth-order valence-electron chi connectivity index (χ4n) is 3.00. The second kappa shape index (κ2) is 13.7. The third kappa shape index (κ3) is 8.16. The third-order valence-electron chi connectivity index (χ3n) is 4.57. The molecule has 3 rings (SSSR count). The van der Waals surface area contributed by atoms with Gasteiger partial charge in [-0.05, 0) is 48.4 Å². The van der Waals surface area contributed by atoms with Crippen molar-refractivity contribution in [3.8, 4) is 0 Å². The first-order valence-corrected chi connectivity index (χ1v) is 10.6. The number of aromatic nitrogens is 2. The highest BCUT2D eigenvalue weighted by Crippen LogP contribution is 2.12. The Morgan fingerprint density at radius 2 is 1.72 bits per heavy atom. The third-order valence-corrected chi connectivity index (χ3v) is 4.82. The van der Waals surface area contributed by atoms with Crippen LogP contribution in [0.2, 0.25) is 5.02 Å². The van der Waals surface area contributed by atoms with Crippen LogP contribution in [-0.4, -0.2) is 41.3 Å². The molecule has 7 nitrogen and oxygen atoms in total. The van der Waals surface area contributed by atoms with Crippen LogP contribution in [0.15, 0.2) is 72.0 Å². The molecular weight excluding hydrogens is 539 g/mol. The highest BCUT2D eigenvalue weighted by atomic mass is 127. The van der Waals surface area contributed by atoms with Crippen LogP contribution < -0.4 is 16.0 Å². The molecule has 0 saturated carbocycles. The molecule has 0 bridgehead atoms. The van der Waals surface area contributed by atoms with Crippen LogP contribution in [0, 0.1) is 0 Å². The lowest BCUT2D eigenvalue weighted by Gasteiger charge is -2.13. The maximum Gasteiger partial charge on any atom is 0.251 e. The summed E-state index contributed by atoms with van der Waals surface area (Å²) in [6.45, 7) is 5.05. The lowest BCUT2D eigenvalue weighted by Crippen LogP contribution is -2.41. The van der Waals surface area contributed by atoms with Crippen molar-refractivity contribution in [2.24, 2.45) is 4.99 Å². The van der Waals surface area contributed by atoms with Crippen molar-refractivity contribution in [1.82, 2.24) is 25.7 Å². The number of carbonyl (C=O) groups excluding carboxylic acids is 1. The summed E-state index contributed by atoms with van der Waals surface area (Å²) in [5.41, 5.74) is 2.91. The Morgan fingerprint density at radius 1 is 1.00 bits per heavy atom. The van der Waals surface area contributed by atoms with E-state index in [2.05, 4.69) is 33.2 Å². The van der Waals surface area contributed by atoms with Crippen molar-refractivity contribution in [2.45, 2.75) is 20.0 Å².